The minimum atomic E-state index is 0.306. The molecule has 1 rings (SSSR count). The van der Waals surface area contributed by atoms with Gasteiger partial charge >= 0.3 is 0 Å². The van der Waals surface area contributed by atoms with Crippen molar-refractivity contribution in [2.75, 3.05) is 14.2 Å². The van der Waals surface area contributed by atoms with E-state index in [4.69, 9.17) is 9.47 Å². The normalized spacial score (nSPS) is 14.8. The lowest BCUT2D eigenvalue weighted by Gasteiger charge is -2.25. The zero-order valence-electron chi connectivity index (χ0n) is 13.5. The van der Waals surface area contributed by atoms with Crippen LogP contribution in [-0.2, 0) is 0 Å². The van der Waals surface area contributed by atoms with E-state index in [1.54, 1.807) is 14.2 Å². The van der Waals surface area contributed by atoms with Crippen molar-refractivity contribution in [3.63, 3.8) is 0 Å². The maximum absolute atomic E-state index is 5.48. The highest BCUT2D eigenvalue weighted by atomic mass is 79.9. The molecule has 0 bridgehead atoms. The van der Waals surface area contributed by atoms with E-state index in [1.807, 2.05) is 12.1 Å². The van der Waals surface area contributed by atoms with E-state index in [2.05, 4.69) is 49.7 Å². The van der Waals surface area contributed by atoms with Gasteiger partial charge in [0, 0.05) is 16.5 Å². The van der Waals surface area contributed by atoms with Gasteiger partial charge in [-0.2, -0.15) is 0 Å². The molecule has 0 fully saturated rings. The van der Waals surface area contributed by atoms with Crippen molar-refractivity contribution in [1.82, 2.24) is 0 Å². The molecule has 0 aliphatic carbocycles. The summed E-state index contributed by atoms with van der Waals surface area (Å²) in [5.41, 5.74) is 1.56. The van der Waals surface area contributed by atoms with Crippen LogP contribution in [0.1, 0.15) is 50.9 Å². The summed E-state index contributed by atoms with van der Waals surface area (Å²) in [5.74, 6) is 2.37. The van der Waals surface area contributed by atoms with Crippen molar-refractivity contribution >= 4 is 15.9 Å². The Balaban J connectivity index is 2.79. The summed E-state index contributed by atoms with van der Waals surface area (Å²) in [6.45, 7) is 9.19. The van der Waals surface area contributed by atoms with Gasteiger partial charge in [0.25, 0.3) is 0 Å². The molecule has 0 spiro atoms. The summed E-state index contributed by atoms with van der Waals surface area (Å²) < 4.78 is 10.7. The number of rotatable bonds is 6. The highest BCUT2D eigenvalue weighted by Gasteiger charge is 2.20. The first-order valence-electron chi connectivity index (χ1n) is 7.13. The summed E-state index contributed by atoms with van der Waals surface area (Å²) >= 11 is 3.81. The Morgan fingerprint density at radius 1 is 1.15 bits per heavy atom. The maximum atomic E-state index is 5.48. The van der Waals surface area contributed by atoms with Crippen molar-refractivity contribution in [2.45, 2.75) is 45.4 Å². The first kappa shape index (κ1) is 17.4. The predicted octanol–water partition coefficient (Wildman–Crippen LogP) is 5.60. The summed E-state index contributed by atoms with van der Waals surface area (Å²) in [6, 6.07) is 6.01. The summed E-state index contributed by atoms with van der Waals surface area (Å²) in [4.78, 5) is 0.306. The van der Waals surface area contributed by atoms with Gasteiger partial charge in [0.15, 0.2) is 0 Å². The highest BCUT2D eigenvalue weighted by Crippen LogP contribution is 2.39. The minimum absolute atomic E-state index is 0.306. The predicted molar refractivity (Wildman–Crippen MR) is 89.1 cm³/mol. The summed E-state index contributed by atoms with van der Waals surface area (Å²) in [6.07, 6.45) is 2.31. The van der Waals surface area contributed by atoms with Gasteiger partial charge in [-0.1, -0.05) is 49.7 Å². The van der Waals surface area contributed by atoms with E-state index in [-0.39, 0.29) is 0 Å². The molecule has 0 aliphatic rings. The standard InChI is InChI=1S/C17H27BrO2/c1-12(11-17(2,3)4)9-15(18)14-8-7-13(19-5)10-16(14)20-6/h7-8,10,12,15H,9,11H2,1-6H3. The van der Waals surface area contributed by atoms with Crippen LogP contribution in [0.5, 0.6) is 11.5 Å². The van der Waals surface area contributed by atoms with Crippen LogP contribution in [0.2, 0.25) is 0 Å². The molecule has 0 saturated carbocycles. The van der Waals surface area contributed by atoms with E-state index in [0.717, 1.165) is 17.9 Å². The number of methoxy groups -OCH3 is 2. The molecule has 0 saturated heterocycles. The van der Waals surface area contributed by atoms with Crippen LogP contribution in [0.15, 0.2) is 18.2 Å². The van der Waals surface area contributed by atoms with Crippen LogP contribution in [-0.4, -0.2) is 14.2 Å². The summed E-state index contributed by atoms with van der Waals surface area (Å²) in [5, 5.41) is 0. The minimum Gasteiger partial charge on any atom is -0.497 e. The molecule has 0 amide bonds. The Morgan fingerprint density at radius 3 is 2.30 bits per heavy atom. The van der Waals surface area contributed by atoms with Crippen molar-refractivity contribution < 1.29 is 9.47 Å². The van der Waals surface area contributed by atoms with Crippen LogP contribution in [0.4, 0.5) is 0 Å². The van der Waals surface area contributed by atoms with E-state index >= 15 is 0 Å². The third kappa shape index (κ3) is 5.35. The van der Waals surface area contributed by atoms with Gasteiger partial charge in [0.1, 0.15) is 11.5 Å². The second-order valence-electron chi connectivity index (χ2n) is 6.68. The van der Waals surface area contributed by atoms with Crippen LogP contribution in [0, 0.1) is 11.3 Å². The van der Waals surface area contributed by atoms with Crippen molar-refractivity contribution in [3.05, 3.63) is 23.8 Å². The molecular formula is C17H27BrO2. The number of hydrogen-bond donors (Lipinski definition) is 0. The smallest absolute Gasteiger partial charge is 0.126 e. The van der Waals surface area contributed by atoms with Crippen LogP contribution >= 0.6 is 15.9 Å². The molecule has 1 aromatic rings. The zero-order chi connectivity index (χ0) is 15.3. The van der Waals surface area contributed by atoms with Crippen molar-refractivity contribution in [3.8, 4) is 11.5 Å². The molecule has 0 heterocycles. The van der Waals surface area contributed by atoms with Crippen molar-refractivity contribution in [1.29, 1.82) is 0 Å². The van der Waals surface area contributed by atoms with Crippen molar-refractivity contribution in [2.24, 2.45) is 11.3 Å². The van der Waals surface area contributed by atoms with Gasteiger partial charge in [-0.05, 0) is 30.2 Å². The molecule has 20 heavy (non-hydrogen) atoms. The van der Waals surface area contributed by atoms with Gasteiger partial charge in [0.2, 0.25) is 0 Å². The monoisotopic (exact) mass is 342 g/mol. The Kier molecular flexibility index (Phi) is 6.38. The third-order valence-corrected chi connectivity index (χ3v) is 4.22. The maximum Gasteiger partial charge on any atom is 0.126 e. The molecule has 0 aromatic heterocycles. The third-order valence-electron chi connectivity index (χ3n) is 3.35. The molecule has 0 N–H and O–H groups in total. The zero-order valence-corrected chi connectivity index (χ0v) is 15.1. The largest absolute Gasteiger partial charge is 0.497 e. The van der Waals surface area contributed by atoms with E-state index in [0.29, 0.717) is 16.2 Å². The molecular weight excluding hydrogens is 316 g/mol. The van der Waals surface area contributed by atoms with Crippen LogP contribution in [0.3, 0.4) is 0 Å². The average Bonchev–Trinajstić information content (AvgIpc) is 2.35. The first-order valence-corrected chi connectivity index (χ1v) is 8.04. The van der Waals surface area contributed by atoms with E-state index < -0.39 is 0 Å². The van der Waals surface area contributed by atoms with Gasteiger partial charge in [-0.3, -0.25) is 0 Å². The fourth-order valence-electron chi connectivity index (χ4n) is 2.69. The molecule has 0 radical (unpaired) electrons. The lowest BCUT2D eigenvalue weighted by Crippen LogP contribution is -2.12. The van der Waals surface area contributed by atoms with E-state index in [9.17, 15) is 0 Å². The van der Waals surface area contributed by atoms with Gasteiger partial charge in [0.05, 0.1) is 14.2 Å². The Labute approximate surface area is 132 Å². The molecule has 2 nitrogen and oxygen atoms in total. The Morgan fingerprint density at radius 2 is 1.80 bits per heavy atom. The lowest BCUT2D eigenvalue weighted by atomic mass is 9.83. The first-order chi connectivity index (χ1) is 9.26. The molecule has 114 valence electrons. The fourth-order valence-corrected chi connectivity index (χ4v) is 3.70. The quantitative estimate of drug-likeness (QED) is 0.626. The van der Waals surface area contributed by atoms with E-state index in [1.165, 1.54) is 12.0 Å². The van der Waals surface area contributed by atoms with Crippen LogP contribution in [0.25, 0.3) is 0 Å². The fraction of sp³-hybridized carbons (Fsp3) is 0.647. The number of alkyl halides is 1. The summed E-state index contributed by atoms with van der Waals surface area (Å²) in [7, 11) is 3.38. The SMILES string of the molecule is COc1ccc(C(Br)CC(C)CC(C)(C)C)c(OC)c1. The Hall–Kier alpha value is -0.700. The second-order valence-corrected chi connectivity index (χ2v) is 7.79. The molecule has 1 aromatic carbocycles. The lowest BCUT2D eigenvalue weighted by molar-refractivity contribution is 0.295. The topological polar surface area (TPSA) is 18.5 Å². The van der Waals surface area contributed by atoms with Crippen LogP contribution < -0.4 is 9.47 Å². The van der Waals surface area contributed by atoms with Gasteiger partial charge < -0.3 is 9.47 Å². The second kappa shape index (κ2) is 7.35. The number of halogens is 1. The number of benzene rings is 1. The van der Waals surface area contributed by atoms with Gasteiger partial charge in [-0.15, -0.1) is 0 Å². The number of ether oxygens (including phenoxy) is 2. The highest BCUT2D eigenvalue weighted by molar-refractivity contribution is 9.09. The molecule has 0 aliphatic heterocycles. The molecule has 3 heteroatoms. The van der Waals surface area contributed by atoms with Gasteiger partial charge in [-0.25, -0.2) is 0 Å². The number of hydrogen-bond acceptors (Lipinski definition) is 2. The molecule has 2 atom stereocenters. The molecule has 2 unspecified atom stereocenters. The average molecular weight is 343 g/mol. The Bertz CT molecular complexity index is 423.